The van der Waals surface area contributed by atoms with Gasteiger partial charge in [0.25, 0.3) is 0 Å². The second kappa shape index (κ2) is 7.22. The van der Waals surface area contributed by atoms with Crippen molar-refractivity contribution in [2.75, 3.05) is 37.9 Å². The zero-order valence-corrected chi connectivity index (χ0v) is 17.4. The van der Waals surface area contributed by atoms with Crippen LogP contribution >= 0.6 is 11.3 Å². The number of hydrogen-bond acceptors (Lipinski definition) is 6. The van der Waals surface area contributed by atoms with Gasteiger partial charge in [-0.3, -0.25) is 4.79 Å². The fourth-order valence-corrected chi connectivity index (χ4v) is 5.17. The molecule has 1 amide bonds. The number of thiazole rings is 1. The molecule has 6 nitrogen and oxygen atoms in total. The van der Waals surface area contributed by atoms with Gasteiger partial charge in [0.1, 0.15) is 0 Å². The summed E-state index contributed by atoms with van der Waals surface area (Å²) in [5.41, 5.74) is 4.54. The molecule has 3 heterocycles. The van der Waals surface area contributed by atoms with E-state index in [0.29, 0.717) is 6.42 Å². The zero-order chi connectivity index (χ0) is 20.0. The van der Waals surface area contributed by atoms with E-state index in [-0.39, 0.29) is 12.7 Å². The van der Waals surface area contributed by atoms with Crippen molar-refractivity contribution in [2.45, 2.75) is 20.3 Å². The Morgan fingerprint density at radius 1 is 1.07 bits per heavy atom. The molecule has 0 N–H and O–H groups in total. The second-order valence-corrected chi connectivity index (χ2v) is 8.67. The Hall–Kier alpha value is -2.80. The van der Waals surface area contributed by atoms with Crippen molar-refractivity contribution < 1.29 is 14.3 Å². The first-order valence-corrected chi connectivity index (χ1v) is 10.7. The fraction of sp³-hybridized carbons (Fsp3) is 0.364. The van der Waals surface area contributed by atoms with Gasteiger partial charge in [0.2, 0.25) is 12.7 Å². The molecule has 2 aliphatic rings. The quantitative estimate of drug-likeness (QED) is 0.662. The number of anilines is 1. The smallest absolute Gasteiger partial charge is 0.231 e. The molecule has 0 atom stereocenters. The Kier molecular flexibility index (Phi) is 4.54. The molecule has 2 aliphatic heterocycles. The van der Waals surface area contributed by atoms with Crippen LogP contribution in [0.4, 0.5) is 5.13 Å². The van der Waals surface area contributed by atoms with E-state index >= 15 is 0 Å². The summed E-state index contributed by atoms with van der Waals surface area (Å²) in [5, 5.41) is 1.05. The molecule has 150 valence electrons. The van der Waals surface area contributed by atoms with E-state index in [9.17, 15) is 4.79 Å². The number of aromatic nitrogens is 1. The van der Waals surface area contributed by atoms with Gasteiger partial charge in [0.05, 0.1) is 16.6 Å². The van der Waals surface area contributed by atoms with Gasteiger partial charge in [-0.2, -0.15) is 0 Å². The number of amides is 1. The Morgan fingerprint density at radius 2 is 1.86 bits per heavy atom. The van der Waals surface area contributed by atoms with Crippen LogP contribution < -0.4 is 14.4 Å². The minimum Gasteiger partial charge on any atom is -0.454 e. The molecule has 2 aromatic carbocycles. The summed E-state index contributed by atoms with van der Waals surface area (Å²) < 4.78 is 12.0. The molecular weight excluding hydrogens is 386 g/mol. The summed E-state index contributed by atoms with van der Waals surface area (Å²) in [5.74, 6) is 1.62. The lowest BCUT2D eigenvalue weighted by Crippen LogP contribution is -2.49. The number of benzene rings is 2. The lowest BCUT2D eigenvalue weighted by atomic mass is 10.1. The van der Waals surface area contributed by atoms with Crippen LogP contribution in [0, 0.1) is 13.8 Å². The third-order valence-electron chi connectivity index (χ3n) is 5.51. The number of rotatable bonds is 3. The molecule has 1 aromatic heterocycles. The van der Waals surface area contributed by atoms with Gasteiger partial charge in [-0.1, -0.05) is 23.5 Å². The summed E-state index contributed by atoms with van der Waals surface area (Å²) in [6.45, 7) is 7.55. The van der Waals surface area contributed by atoms with Crippen molar-refractivity contribution >= 4 is 32.6 Å². The number of ether oxygens (including phenoxy) is 2. The topological polar surface area (TPSA) is 54.9 Å². The Bertz CT molecular complexity index is 1090. The lowest BCUT2D eigenvalue weighted by Gasteiger charge is -2.34. The van der Waals surface area contributed by atoms with Gasteiger partial charge in [0.15, 0.2) is 16.6 Å². The number of aryl methyl sites for hydroxylation is 2. The third kappa shape index (κ3) is 3.51. The Morgan fingerprint density at radius 3 is 2.69 bits per heavy atom. The third-order valence-corrected chi connectivity index (χ3v) is 6.58. The van der Waals surface area contributed by atoms with Crippen LogP contribution in [0.3, 0.4) is 0 Å². The van der Waals surface area contributed by atoms with Crippen LogP contribution in [0.2, 0.25) is 0 Å². The molecule has 1 fully saturated rings. The summed E-state index contributed by atoms with van der Waals surface area (Å²) in [7, 11) is 0. The van der Waals surface area contributed by atoms with Crippen LogP contribution in [0.1, 0.15) is 16.7 Å². The molecule has 0 spiro atoms. The van der Waals surface area contributed by atoms with Crippen LogP contribution in [0.15, 0.2) is 30.3 Å². The maximum atomic E-state index is 12.8. The predicted octanol–water partition coefficient (Wildman–Crippen LogP) is 3.53. The highest BCUT2D eigenvalue weighted by molar-refractivity contribution is 7.22. The van der Waals surface area contributed by atoms with E-state index in [4.69, 9.17) is 14.5 Å². The summed E-state index contributed by atoms with van der Waals surface area (Å²) in [6, 6.07) is 10.1. The Labute approximate surface area is 173 Å². The highest BCUT2D eigenvalue weighted by Crippen LogP contribution is 2.33. The van der Waals surface area contributed by atoms with Crippen molar-refractivity contribution in [3.8, 4) is 11.5 Å². The highest BCUT2D eigenvalue weighted by Gasteiger charge is 2.24. The van der Waals surface area contributed by atoms with Gasteiger partial charge in [0, 0.05) is 26.2 Å². The van der Waals surface area contributed by atoms with Crippen molar-refractivity contribution in [1.82, 2.24) is 9.88 Å². The van der Waals surface area contributed by atoms with Gasteiger partial charge < -0.3 is 19.3 Å². The molecule has 5 rings (SSSR count). The summed E-state index contributed by atoms with van der Waals surface area (Å²) >= 11 is 1.74. The van der Waals surface area contributed by atoms with Crippen LogP contribution in [0.25, 0.3) is 10.2 Å². The van der Waals surface area contributed by atoms with Crippen LogP contribution in [0.5, 0.6) is 11.5 Å². The monoisotopic (exact) mass is 409 g/mol. The molecule has 0 radical (unpaired) electrons. The summed E-state index contributed by atoms with van der Waals surface area (Å²) in [6.07, 6.45) is 0.385. The minimum atomic E-state index is 0.152. The zero-order valence-electron chi connectivity index (χ0n) is 16.6. The average molecular weight is 410 g/mol. The average Bonchev–Trinajstić information content (AvgIpc) is 3.34. The first kappa shape index (κ1) is 18.2. The van der Waals surface area contributed by atoms with Gasteiger partial charge >= 0.3 is 0 Å². The molecule has 29 heavy (non-hydrogen) atoms. The standard InChI is InChI=1S/C22H23N3O3S/c1-14-9-15(2)21-19(10-14)29-22(23-21)25-7-5-24(6-8-25)20(26)12-16-3-4-17-18(11-16)28-13-27-17/h3-4,9-11H,5-8,12-13H2,1-2H3. The largest absolute Gasteiger partial charge is 0.454 e. The number of hydrogen-bond donors (Lipinski definition) is 0. The molecule has 0 saturated carbocycles. The molecule has 3 aromatic rings. The maximum Gasteiger partial charge on any atom is 0.231 e. The van der Waals surface area contributed by atoms with Crippen LogP contribution in [-0.2, 0) is 11.2 Å². The van der Waals surface area contributed by atoms with E-state index in [1.165, 1.54) is 15.8 Å². The van der Waals surface area contributed by atoms with Crippen LogP contribution in [-0.4, -0.2) is 48.8 Å². The van der Waals surface area contributed by atoms with Gasteiger partial charge in [-0.25, -0.2) is 4.98 Å². The van der Waals surface area contributed by atoms with Crippen molar-refractivity contribution in [1.29, 1.82) is 0 Å². The lowest BCUT2D eigenvalue weighted by molar-refractivity contribution is -0.130. The van der Waals surface area contributed by atoms with Crippen molar-refractivity contribution in [3.63, 3.8) is 0 Å². The first-order valence-electron chi connectivity index (χ1n) is 9.86. The molecular formula is C22H23N3O3S. The first-order chi connectivity index (χ1) is 14.1. The van der Waals surface area contributed by atoms with Crippen molar-refractivity contribution in [3.05, 3.63) is 47.0 Å². The molecule has 7 heteroatoms. The number of piperazine rings is 1. The van der Waals surface area contributed by atoms with Gasteiger partial charge in [-0.15, -0.1) is 0 Å². The number of fused-ring (bicyclic) bond motifs is 2. The number of nitrogens with zero attached hydrogens (tertiary/aromatic N) is 3. The molecule has 0 unspecified atom stereocenters. The minimum absolute atomic E-state index is 0.152. The maximum absolute atomic E-state index is 12.8. The van der Waals surface area contributed by atoms with E-state index in [1.54, 1.807) is 11.3 Å². The SMILES string of the molecule is Cc1cc(C)c2nc(N3CCN(C(=O)Cc4ccc5c(c4)OCO5)CC3)sc2c1. The predicted molar refractivity (Wildman–Crippen MR) is 114 cm³/mol. The normalized spacial score (nSPS) is 15.9. The number of carbonyl (C=O) groups excluding carboxylic acids is 1. The van der Waals surface area contributed by atoms with Crippen molar-refractivity contribution in [2.24, 2.45) is 0 Å². The number of carbonyl (C=O) groups is 1. The Balaban J connectivity index is 1.23. The fourth-order valence-electron chi connectivity index (χ4n) is 3.98. The summed E-state index contributed by atoms with van der Waals surface area (Å²) in [4.78, 5) is 21.9. The van der Waals surface area contributed by atoms with E-state index < -0.39 is 0 Å². The van der Waals surface area contributed by atoms with E-state index in [2.05, 4.69) is 30.9 Å². The van der Waals surface area contributed by atoms with Gasteiger partial charge in [-0.05, 0) is 48.7 Å². The molecule has 0 aliphatic carbocycles. The van der Waals surface area contributed by atoms with E-state index in [1.807, 2.05) is 23.1 Å². The molecule has 0 bridgehead atoms. The van der Waals surface area contributed by atoms with E-state index in [0.717, 1.165) is 53.9 Å². The second-order valence-electron chi connectivity index (χ2n) is 7.66. The highest BCUT2D eigenvalue weighted by atomic mass is 32.1. The molecule has 1 saturated heterocycles.